The normalized spacial score (nSPS) is 16.1. The molecule has 1 fully saturated rings. The van der Waals surface area contributed by atoms with Gasteiger partial charge in [0, 0.05) is 16.6 Å². The van der Waals surface area contributed by atoms with E-state index < -0.39 is 0 Å². The average Bonchev–Trinajstić information content (AvgIpc) is 3.06. The van der Waals surface area contributed by atoms with Crippen molar-refractivity contribution < 1.29 is 9.18 Å². The molecule has 2 aromatic carbocycles. The lowest BCUT2D eigenvalue weighted by atomic mass is 10.1. The summed E-state index contributed by atoms with van der Waals surface area (Å²) >= 11 is 0. The molecule has 6 heteroatoms. The van der Waals surface area contributed by atoms with Crippen LogP contribution in [-0.4, -0.2) is 40.7 Å². The summed E-state index contributed by atoms with van der Waals surface area (Å²) in [4.78, 5) is 14.7. The van der Waals surface area contributed by atoms with Crippen LogP contribution in [0.4, 0.5) is 10.1 Å². The molecule has 0 saturated carbocycles. The highest BCUT2D eigenvalue weighted by molar-refractivity contribution is 6.05. The van der Waals surface area contributed by atoms with Crippen LogP contribution in [0.3, 0.4) is 0 Å². The topological polar surface area (TPSA) is 50.2 Å². The summed E-state index contributed by atoms with van der Waals surface area (Å²) in [6.07, 6.45) is 4.01. The molecule has 26 heavy (non-hydrogen) atoms. The van der Waals surface area contributed by atoms with Gasteiger partial charge in [-0.25, -0.2) is 4.39 Å². The van der Waals surface area contributed by atoms with Crippen molar-refractivity contribution in [1.29, 1.82) is 0 Å². The fraction of sp³-hybridized carbons (Fsp3) is 0.300. The van der Waals surface area contributed by atoms with Crippen molar-refractivity contribution >= 4 is 22.5 Å². The summed E-state index contributed by atoms with van der Waals surface area (Å²) in [6.45, 7) is 2.13. The molecule has 1 aliphatic rings. The maximum Gasteiger partial charge on any atom is 0.255 e. The molecule has 4 rings (SSSR count). The number of benzene rings is 2. The van der Waals surface area contributed by atoms with Crippen LogP contribution in [0.5, 0.6) is 0 Å². The third kappa shape index (κ3) is 3.32. The zero-order valence-electron chi connectivity index (χ0n) is 14.7. The third-order valence-electron chi connectivity index (χ3n) is 5.00. The SMILES string of the molecule is CN1CCC(n2ncc3ccc(NC(=O)c4ccc(F)cc4)cc32)CC1. The number of fused-ring (bicyclic) bond motifs is 1. The first-order chi connectivity index (χ1) is 12.6. The van der Waals surface area contributed by atoms with Crippen LogP contribution in [0, 0.1) is 5.82 Å². The summed E-state index contributed by atoms with van der Waals surface area (Å²) in [5, 5.41) is 8.52. The first kappa shape index (κ1) is 16.7. The van der Waals surface area contributed by atoms with Crippen LogP contribution in [0.15, 0.2) is 48.7 Å². The van der Waals surface area contributed by atoms with Crippen molar-refractivity contribution in [2.45, 2.75) is 18.9 Å². The second kappa shape index (κ2) is 6.88. The van der Waals surface area contributed by atoms with E-state index in [0.717, 1.165) is 36.8 Å². The van der Waals surface area contributed by atoms with Gasteiger partial charge in [-0.1, -0.05) is 0 Å². The van der Waals surface area contributed by atoms with Gasteiger partial charge in [0.15, 0.2) is 0 Å². The Morgan fingerprint density at radius 2 is 1.88 bits per heavy atom. The van der Waals surface area contributed by atoms with E-state index in [-0.39, 0.29) is 11.7 Å². The minimum Gasteiger partial charge on any atom is -0.322 e. The monoisotopic (exact) mass is 352 g/mol. The number of hydrogen-bond donors (Lipinski definition) is 1. The number of likely N-dealkylation sites (tertiary alicyclic amines) is 1. The van der Waals surface area contributed by atoms with E-state index in [4.69, 9.17) is 0 Å². The highest BCUT2D eigenvalue weighted by Crippen LogP contribution is 2.27. The predicted molar refractivity (Wildman–Crippen MR) is 99.9 cm³/mol. The second-order valence-electron chi connectivity index (χ2n) is 6.86. The van der Waals surface area contributed by atoms with Gasteiger partial charge < -0.3 is 10.2 Å². The second-order valence-corrected chi connectivity index (χ2v) is 6.86. The van der Waals surface area contributed by atoms with Gasteiger partial charge in [-0.15, -0.1) is 0 Å². The van der Waals surface area contributed by atoms with Gasteiger partial charge in [0.1, 0.15) is 5.82 Å². The number of nitrogens with one attached hydrogen (secondary N) is 1. The van der Waals surface area contributed by atoms with Crippen LogP contribution < -0.4 is 5.32 Å². The molecule has 1 amide bonds. The van der Waals surface area contributed by atoms with Gasteiger partial charge in [0.25, 0.3) is 5.91 Å². The summed E-state index contributed by atoms with van der Waals surface area (Å²) in [7, 11) is 2.14. The number of halogens is 1. The molecule has 0 atom stereocenters. The van der Waals surface area contributed by atoms with Crippen molar-refractivity contribution in [3.8, 4) is 0 Å². The molecule has 134 valence electrons. The number of carbonyl (C=O) groups excluding carboxylic acids is 1. The lowest BCUT2D eigenvalue weighted by Gasteiger charge is -2.29. The fourth-order valence-corrected chi connectivity index (χ4v) is 3.45. The number of carbonyl (C=O) groups is 1. The van der Waals surface area contributed by atoms with E-state index in [1.54, 1.807) is 0 Å². The van der Waals surface area contributed by atoms with Gasteiger partial charge in [0.05, 0.1) is 17.8 Å². The summed E-state index contributed by atoms with van der Waals surface area (Å²) in [6, 6.07) is 11.7. The number of hydrogen-bond acceptors (Lipinski definition) is 3. The zero-order chi connectivity index (χ0) is 18.1. The summed E-state index contributed by atoms with van der Waals surface area (Å²) in [5.74, 6) is -0.611. The van der Waals surface area contributed by atoms with E-state index >= 15 is 0 Å². The molecule has 0 aliphatic carbocycles. The Morgan fingerprint density at radius 3 is 2.62 bits per heavy atom. The standard InChI is InChI=1S/C20H21FN4O/c1-24-10-8-18(9-11-24)25-19-12-17(7-4-15(19)13-22-25)23-20(26)14-2-5-16(21)6-3-14/h2-7,12-13,18H,8-11H2,1H3,(H,23,26). The Labute approximate surface area is 151 Å². The van der Waals surface area contributed by atoms with E-state index in [9.17, 15) is 9.18 Å². The Kier molecular flexibility index (Phi) is 4.42. The molecule has 0 spiro atoms. The van der Waals surface area contributed by atoms with Crippen LogP contribution in [-0.2, 0) is 0 Å². The minimum absolute atomic E-state index is 0.255. The molecule has 0 bridgehead atoms. The molecule has 3 aromatic rings. The van der Waals surface area contributed by atoms with Crippen LogP contribution in [0.2, 0.25) is 0 Å². The molecule has 2 heterocycles. The number of anilines is 1. The molecule has 0 unspecified atom stereocenters. The lowest BCUT2D eigenvalue weighted by molar-refractivity contribution is 0.102. The van der Waals surface area contributed by atoms with Gasteiger partial charge in [-0.3, -0.25) is 9.48 Å². The molecule has 1 N–H and O–H groups in total. The third-order valence-corrected chi connectivity index (χ3v) is 5.00. The van der Waals surface area contributed by atoms with Crippen LogP contribution in [0.25, 0.3) is 10.9 Å². The molecule has 1 saturated heterocycles. The highest BCUT2D eigenvalue weighted by Gasteiger charge is 2.20. The number of rotatable bonds is 3. The average molecular weight is 352 g/mol. The van der Waals surface area contributed by atoms with Crippen molar-refractivity contribution in [2.24, 2.45) is 0 Å². The predicted octanol–water partition coefficient (Wildman–Crippen LogP) is 3.69. The largest absolute Gasteiger partial charge is 0.322 e. The van der Waals surface area contributed by atoms with Crippen molar-refractivity contribution in [3.63, 3.8) is 0 Å². The maximum atomic E-state index is 13.0. The lowest BCUT2D eigenvalue weighted by Crippen LogP contribution is -2.31. The van der Waals surface area contributed by atoms with Crippen LogP contribution >= 0.6 is 0 Å². The zero-order valence-corrected chi connectivity index (χ0v) is 14.7. The first-order valence-electron chi connectivity index (χ1n) is 8.83. The smallest absolute Gasteiger partial charge is 0.255 e. The molecule has 1 aliphatic heterocycles. The van der Waals surface area contributed by atoms with E-state index in [1.165, 1.54) is 24.3 Å². The quantitative estimate of drug-likeness (QED) is 0.782. The Hall–Kier alpha value is -2.73. The molecular formula is C20H21FN4O. The van der Waals surface area contributed by atoms with Crippen LogP contribution in [0.1, 0.15) is 29.2 Å². The summed E-state index contributed by atoms with van der Waals surface area (Å²) < 4.78 is 15.1. The van der Waals surface area contributed by atoms with Crippen molar-refractivity contribution in [1.82, 2.24) is 14.7 Å². The highest BCUT2D eigenvalue weighted by atomic mass is 19.1. The van der Waals surface area contributed by atoms with Gasteiger partial charge in [-0.05, 0) is 75.4 Å². The van der Waals surface area contributed by atoms with Crippen molar-refractivity contribution in [3.05, 3.63) is 60.0 Å². The number of piperidine rings is 1. The molecule has 1 aromatic heterocycles. The van der Waals surface area contributed by atoms with Gasteiger partial charge in [-0.2, -0.15) is 5.10 Å². The molecular weight excluding hydrogens is 331 g/mol. The maximum absolute atomic E-state index is 13.0. The van der Waals surface area contributed by atoms with Gasteiger partial charge in [0.2, 0.25) is 0 Å². The fourth-order valence-electron chi connectivity index (χ4n) is 3.45. The number of nitrogens with zero attached hydrogens (tertiary/aromatic N) is 3. The number of aromatic nitrogens is 2. The molecule has 0 radical (unpaired) electrons. The van der Waals surface area contributed by atoms with Gasteiger partial charge >= 0.3 is 0 Å². The first-order valence-corrected chi connectivity index (χ1v) is 8.83. The Bertz CT molecular complexity index is 927. The minimum atomic E-state index is -0.356. The Balaban J connectivity index is 1.57. The Morgan fingerprint density at radius 1 is 1.15 bits per heavy atom. The number of amides is 1. The van der Waals surface area contributed by atoms with Crippen molar-refractivity contribution in [2.75, 3.05) is 25.5 Å². The van der Waals surface area contributed by atoms with E-state index in [2.05, 4.69) is 27.0 Å². The van der Waals surface area contributed by atoms with E-state index in [0.29, 0.717) is 17.3 Å². The summed E-state index contributed by atoms with van der Waals surface area (Å²) in [5.41, 5.74) is 2.16. The van der Waals surface area contributed by atoms with E-state index in [1.807, 2.05) is 24.4 Å². The molecule has 5 nitrogen and oxygen atoms in total.